The molecule has 1 aromatic heterocycles. The summed E-state index contributed by atoms with van der Waals surface area (Å²) >= 11 is 0. The Labute approximate surface area is 161 Å². The highest BCUT2D eigenvalue weighted by atomic mass is 32.2. The first-order valence-electron chi connectivity index (χ1n) is 8.04. The van der Waals surface area contributed by atoms with Crippen LogP contribution >= 0.6 is 0 Å². The lowest BCUT2D eigenvalue weighted by molar-refractivity contribution is -0.144. The van der Waals surface area contributed by atoms with Gasteiger partial charge in [-0.25, -0.2) is 13.2 Å². The molecule has 0 fully saturated rings. The van der Waals surface area contributed by atoms with Gasteiger partial charge >= 0.3 is 11.9 Å². The highest BCUT2D eigenvalue weighted by Gasteiger charge is 2.24. The van der Waals surface area contributed by atoms with E-state index in [1.807, 2.05) is 0 Å². The summed E-state index contributed by atoms with van der Waals surface area (Å²) in [5, 5.41) is 0. The van der Waals surface area contributed by atoms with Crippen LogP contribution in [-0.4, -0.2) is 51.1 Å². The third kappa shape index (κ3) is 4.84. The molecule has 0 atom stereocenters. The predicted molar refractivity (Wildman–Crippen MR) is 96.1 cm³/mol. The number of carbonyl (C=O) groups is 3. The molecule has 150 valence electrons. The molecule has 0 bridgehead atoms. The van der Waals surface area contributed by atoms with E-state index in [0.29, 0.717) is 11.1 Å². The molecule has 10 heteroatoms. The monoisotopic (exact) mass is 409 g/mol. The van der Waals surface area contributed by atoms with Crippen LogP contribution in [-0.2, 0) is 30.9 Å². The maximum absolute atomic E-state index is 12.5. The average molecular weight is 409 g/mol. The summed E-state index contributed by atoms with van der Waals surface area (Å²) in [4.78, 5) is 34.7. The van der Waals surface area contributed by atoms with Crippen LogP contribution in [0.25, 0.3) is 0 Å². The van der Waals surface area contributed by atoms with E-state index in [9.17, 15) is 22.8 Å². The van der Waals surface area contributed by atoms with E-state index in [4.69, 9.17) is 9.15 Å². The molecule has 1 aromatic carbocycles. The standard InChI is InChI=1S/C18H19NO8S/c1-12(20)13-4-6-15(7-5-13)28(23,24)19(2)10-16(21)27-11-14-8-9-26-17(14)18(22)25-3/h4-9H,10-11H2,1-3H3. The van der Waals surface area contributed by atoms with Crippen molar-refractivity contribution in [3.63, 3.8) is 0 Å². The third-order valence-electron chi connectivity index (χ3n) is 3.83. The summed E-state index contributed by atoms with van der Waals surface area (Å²) in [5.41, 5.74) is 0.674. The fourth-order valence-electron chi connectivity index (χ4n) is 2.23. The van der Waals surface area contributed by atoms with E-state index in [2.05, 4.69) is 4.74 Å². The van der Waals surface area contributed by atoms with Crippen LogP contribution in [0.5, 0.6) is 0 Å². The molecule has 0 radical (unpaired) electrons. The molecule has 28 heavy (non-hydrogen) atoms. The van der Waals surface area contributed by atoms with E-state index in [0.717, 1.165) is 4.31 Å². The van der Waals surface area contributed by atoms with Gasteiger partial charge in [0.2, 0.25) is 15.8 Å². The van der Waals surface area contributed by atoms with Gasteiger partial charge in [-0.15, -0.1) is 0 Å². The van der Waals surface area contributed by atoms with Gasteiger partial charge < -0.3 is 13.9 Å². The summed E-state index contributed by atoms with van der Waals surface area (Å²) in [5.74, 6) is -1.82. The summed E-state index contributed by atoms with van der Waals surface area (Å²) in [6, 6.07) is 6.82. The Morgan fingerprint density at radius 1 is 1.11 bits per heavy atom. The van der Waals surface area contributed by atoms with Crippen molar-refractivity contribution in [2.24, 2.45) is 0 Å². The molecule has 2 rings (SSSR count). The third-order valence-corrected chi connectivity index (χ3v) is 5.64. The number of ether oxygens (including phenoxy) is 2. The summed E-state index contributed by atoms with van der Waals surface area (Å²) < 4.78 is 40.4. The van der Waals surface area contributed by atoms with Crippen molar-refractivity contribution in [3.8, 4) is 0 Å². The fraction of sp³-hybridized carbons (Fsp3) is 0.278. The van der Waals surface area contributed by atoms with E-state index < -0.39 is 28.5 Å². The number of hydrogen-bond donors (Lipinski definition) is 0. The molecule has 0 aliphatic rings. The molecule has 0 aliphatic carbocycles. The number of rotatable bonds is 8. The van der Waals surface area contributed by atoms with Gasteiger partial charge in [0, 0.05) is 18.2 Å². The number of ketones is 1. The first-order valence-corrected chi connectivity index (χ1v) is 9.48. The zero-order chi connectivity index (χ0) is 20.9. The minimum Gasteiger partial charge on any atom is -0.463 e. The normalized spacial score (nSPS) is 11.3. The Bertz CT molecular complexity index is 975. The molecular weight excluding hydrogens is 390 g/mol. The predicted octanol–water partition coefficient (Wildman–Crippen LogP) is 1.63. The van der Waals surface area contributed by atoms with Gasteiger partial charge in [0.05, 0.1) is 18.3 Å². The second-order valence-electron chi connectivity index (χ2n) is 5.77. The molecule has 2 aromatic rings. The van der Waals surface area contributed by atoms with Crippen LogP contribution < -0.4 is 0 Å². The molecule has 9 nitrogen and oxygen atoms in total. The molecule has 0 unspecified atom stereocenters. The Hall–Kier alpha value is -2.98. The minimum atomic E-state index is -3.95. The zero-order valence-corrected chi connectivity index (χ0v) is 16.3. The number of carbonyl (C=O) groups excluding carboxylic acids is 3. The van der Waals surface area contributed by atoms with Crippen LogP contribution in [0.1, 0.15) is 33.4 Å². The van der Waals surface area contributed by atoms with E-state index >= 15 is 0 Å². The molecule has 0 amide bonds. The van der Waals surface area contributed by atoms with Crippen molar-refractivity contribution in [3.05, 3.63) is 53.5 Å². The second-order valence-corrected chi connectivity index (χ2v) is 7.81. The maximum Gasteiger partial charge on any atom is 0.374 e. The van der Waals surface area contributed by atoms with Gasteiger partial charge in [-0.2, -0.15) is 4.31 Å². The van der Waals surface area contributed by atoms with Crippen molar-refractivity contribution < 1.29 is 36.7 Å². The SMILES string of the molecule is COC(=O)c1occc1COC(=O)CN(C)S(=O)(=O)c1ccc(C(C)=O)cc1. The summed E-state index contributed by atoms with van der Waals surface area (Å²) in [6.45, 7) is 0.556. The van der Waals surface area contributed by atoms with Crippen LogP contribution in [0.15, 0.2) is 45.9 Å². The van der Waals surface area contributed by atoms with E-state index in [1.165, 1.54) is 57.7 Å². The van der Waals surface area contributed by atoms with Crippen molar-refractivity contribution >= 4 is 27.7 Å². The lowest BCUT2D eigenvalue weighted by Gasteiger charge is -2.16. The van der Waals surface area contributed by atoms with Gasteiger partial charge in [0.1, 0.15) is 13.2 Å². The van der Waals surface area contributed by atoms with Crippen molar-refractivity contribution in [1.29, 1.82) is 0 Å². The van der Waals surface area contributed by atoms with Crippen LogP contribution in [0, 0.1) is 0 Å². The van der Waals surface area contributed by atoms with Crippen molar-refractivity contribution in [1.82, 2.24) is 4.31 Å². The molecule has 0 N–H and O–H groups in total. The highest BCUT2D eigenvalue weighted by molar-refractivity contribution is 7.89. The number of furan rings is 1. The highest BCUT2D eigenvalue weighted by Crippen LogP contribution is 2.16. The summed E-state index contributed by atoms with van der Waals surface area (Å²) in [6.07, 6.45) is 1.25. The van der Waals surface area contributed by atoms with E-state index in [-0.39, 0.29) is 23.0 Å². The largest absolute Gasteiger partial charge is 0.463 e. The molecular formula is C18H19NO8S. The minimum absolute atomic E-state index is 0.0596. The van der Waals surface area contributed by atoms with Crippen LogP contribution in [0.3, 0.4) is 0 Å². The Kier molecular flexibility index (Phi) is 6.71. The van der Waals surface area contributed by atoms with Gasteiger partial charge in [-0.05, 0) is 25.1 Å². The number of nitrogens with zero attached hydrogens (tertiary/aromatic N) is 1. The Morgan fingerprint density at radius 3 is 2.32 bits per heavy atom. The molecule has 0 saturated heterocycles. The first kappa shape index (κ1) is 21.3. The van der Waals surface area contributed by atoms with Crippen LogP contribution in [0.4, 0.5) is 0 Å². The lowest BCUT2D eigenvalue weighted by atomic mass is 10.2. The first-order chi connectivity index (χ1) is 13.2. The quantitative estimate of drug-likeness (QED) is 0.477. The average Bonchev–Trinajstić information content (AvgIpc) is 3.14. The number of Topliss-reactive ketones (excluding diaryl/α,β-unsaturated/α-hetero) is 1. The van der Waals surface area contributed by atoms with Gasteiger partial charge in [0.15, 0.2) is 5.78 Å². The number of hydrogen-bond acceptors (Lipinski definition) is 8. The molecule has 0 spiro atoms. The van der Waals surface area contributed by atoms with Crippen LogP contribution in [0.2, 0.25) is 0 Å². The van der Waals surface area contributed by atoms with Gasteiger partial charge in [-0.3, -0.25) is 9.59 Å². The topological polar surface area (TPSA) is 120 Å². The van der Waals surface area contributed by atoms with Crippen molar-refractivity contribution in [2.75, 3.05) is 20.7 Å². The number of likely N-dealkylation sites (N-methyl/N-ethyl adjacent to an activating group) is 1. The number of esters is 2. The second kappa shape index (κ2) is 8.81. The number of sulfonamides is 1. The van der Waals surface area contributed by atoms with Gasteiger partial charge in [-0.1, -0.05) is 12.1 Å². The smallest absolute Gasteiger partial charge is 0.374 e. The lowest BCUT2D eigenvalue weighted by Crippen LogP contribution is -2.33. The number of methoxy groups -OCH3 is 1. The fourth-order valence-corrected chi connectivity index (χ4v) is 3.35. The molecule has 0 aliphatic heterocycles. The molecule has 0 saturated carbocycles. The summed E-state index contributed by atoms with van der Waals surface area (Å²) in [7, 11) is -1.53. The Morgan fingerprint density at radius 2 is 1.75 bits per heavy atom. The molecule has 1 heterocycles. The van der Waals surface area contributed by atoms with Gasteiger partial charge in [0.25, 0.3) is 0 Å². The van der Waals surface area contributed by atoms with Crippen molar-refractivity contribution in [2.45, 2.75) is 18.4 Å². The number of benzene rings is 1. The maximum atomic E-state index is 12.5. The zero-order valence-electron chi connectivity index (χ0n) is 15.5. The van der Waals surface area contributed by atoms with E-state index in [1.54, 1.807) is 0 Å². The Balaban J connectivity index is 2.00.